The van der Waals surface area contributed by atoms with E-state index in [4.69, 9.17) is 0 Å². The van der Waals surface area contributed by atoms with Gasteiger partial charge in [0.15, 0.2) is 0 Å². The van der Waals surface area contributed by atoms with Crippen LogP contribution < -0.4 is 17.3 Å². The van der Waals surface area contributed by atoms with Crippen molar-refractivity contribution in [3.8, 4) is 0 Å². The van der Waals surface area contributed by atoms with Crippen molar-refractivity contribution in [3.05, 3.63) is 0 Å². The fourth-order valence-electron chi connectivity index (χ4n) is 0. The molecule has 0 fully saturated rings. The van der Waals surface area contributed by atoms with E-state index in [2.05, 4.69) is 16.7 Å². The van der Waals surface area contributed by atoms with Gasteiger partial charge < -0.3 is 0 Å². The van der Waals surface area contributed by atoms with E-state index in [1.165, 1.54) is 0 Å². The zero-order valence-corrected chi connectivity index (χ0v) is 2.06. The van der Waals surface area contributed by atoms with Gasteiger partial charge >= 0.3 is 0 Å². The second kappa shape index (κ2) is 2.84. The quantitative estimate of drug-likeness (QED) is 0.249. The SMILES string of the molecule is NNON. The van der Waals surface area contributed by atoms with Gasteiger partial charge in [0.25, 0.3) is 0 Å². The van der Waals surface area contributed by atoms with E-state index in [9.17, 15) is 0 Å². The number of hydrazine groups is 1. The lowest BCUT2D eigenvalue weighted by atomic mass is 12.8. The summed E-state index contributed by atoms with van der Waals surface area (Å²) < 4.78 is 0. The van der Waals surface area contributed by atoms with E-state index in [1.54, 1.807) is 5.59 Å². The van der Waals surface area contributed by atoms with Crippen molar-refractivity contribution < 1.29 is 4.94 Å². The van der Waals surface area contributed by atoms with Crippen LogP contribution in [0.1, 0.15) is 0 Å². The molecule has 4 heavy (non-hydrogen) atoms. The number of rotatable bonds is 1. The van der Waals surface area contributed by atoms with E-state index in [0.29, 0.717) is 0 Å². The third kappa shape index (κ3) is 1.84. The predicted molar refractivity (Wildman–Crippen MR) is 12.6 cm³/mol. The molecule has 0 radical (unpaired) electrons. The highest BCUT2D eigenvalue weighted by molar-refractivity contribution is 3.55. The number of nitrogens with two attached hydrogens (primary N) is 2. The maximum Gasteiger partial charge on any atom is -0.120 e. The summed E-state index contributed by atoms with van der Waals surface area (Å²) in [6.07, 6.45) is 0. The summed E-state index contributed by atoms with van der Waals surface area (Å²) in [5, 5.41) is 0. The summed E-state index contributed by atoms with van der Waals surface area (Å²) in [6, 6.07) is 0. The number of hydrogen-bond donors (Lipinski definition) is 3. The van der Waals surface area contributed by atoms with Crippen molar-refractivity contribution in [2.24, 2.45) is 11.7 Å². The van der Waals surface area contributed by atoms with Crippen molar-refractivity contribution in [2.75, 3.05) is 0 Å². The van der Waals surface area contributed by atoms with Crippen LogP contribution in [0.4, 0.5) is 0 Å². The van der Waals surface area contributed by atoms with Crippen molar-refractivity contribution in [1.82, 2.24) is 5.59 Å². The van der Waals surface area contributed by atoms with Crippen LogP contribution in [0.25, 0.3) is 0 Å². The van der Waals surface area contributed by atoms with Crippen LogP contribution in [0.2, 0.25) is 0 Å². The molecule has 0 amide bonds. The van der Waals surface area contributed by atoms with Crippen LogP contribution >= 0.6 is 0 Å². The van der Waals surface area contributed by atoms with Crippen molar-refractivity contribution in [1.29, 1.82) is 0 Å². The first-order valence-corrected chi connectivity index (χ1v) is 0.729. The van der Waals surface area contributed by atoms with Crippen molar-refractivity contribution >= 4 is 0 Å². The molecule has 0 aromatic carbocycles. The summed E-state index contributed by atoms with van der Waals surface area (Å²) in [7, 11) is 0. The van der Waals surface area contributed by atoms with Gasteiger partial charge in [-0.25, -0.2) is 10.8 Å². The minimum Gasteiger partial charge on any atom is -0.246 e. The van der Waals surface area contributed by atoms with Crippen LogP contribution in [-0.2, 0) is 4.94 Å². The van der Waals surface area contributed by atoms with Gasteiger partial charge in [-0.15, -0.1) is 5.59 Å². The molecule has 0 aliphatic carbocycles. The van der Waals surface area contributed by atoms with Gasteiger partial charge in [0.05, 0.1) is 0 Å². The van der Waals surface area contributed by atoms with Gasteiger partial charge in [0, 0.05) is 0 Å². The molecule has 0 saturated carbocycles. The zero-order chi connectivity index (χ0) is 3.41. The van der Waals surface area contributed by atoms with Crippen LogP contribution in [0.3, 0.4) is 0 Å². The standard InChI is InChI=1S/H5N3O/c1-3-4-2/h3H,1-2H2. The zero-order valence-electron chi connectivity index (χ0n) is 2.06. The van der Waals surface area contributed by atoms with Gasteiger partial charge in [-0.3, -0.25) is 0 Å². The molecule has 0 atom stereocenters. The number of hydrogen-bond acceptors (Lipinski definition) is 4. The lowest BCUT2D eigenvalue weighted by Crippen LogP contribution is -2.25. The van der Waals surface area contributed by atoms with E-state index in [0.717, 1.165) is 0 Å². The molecule has 0 bridgehead atoms. The van der Waals surface area contributed by atoms with Crippen molar-refractivity contribution in [2.45, 2.75) is 0 Å². The lowest BCUT2D eigenvalue weighted by molar-refractivity contribution is 0.0410. The Morgan fingerprint density at radius 3 is 2.00 bits per heavy atom. The Morgan fingerprint density at radius 2 is 2.00 bits per heavy atom. The first kappa shape index (κ1) is 3.84. The molecule has 0 saturated heterocycles. The lowest BCUT2D eigenvalue weighted by Gasteiger charge is -1.80. The Morgan fingerprint density at radius 1 is 1.75 bits per heavy atom. The molecular formula is H5N3O. The molecule has 5 N–H and O–H groups in total. The van der Waals surface area contributed by atoms with E-state index in [1.807, 2.05) is 0 Å². The fraction of sp³-hybridized carbons (Fsp3) is 0. The Bertz CT molecular complexity index is 5.25. The predicted octanol–water partition coefficient (Wildman–Crippen LogP) is -1.75. The van der Waals surface area contributed by atoms with E-state index in [-0.39, 0.29) is 0 Å². The normalized spacial score (nSPS) is 7.50. The summed E-state index contributed by atoms with van der Waals surface area (Å²) >= 11 is 0. The maximum atomic E-state index is 4.43. The highest BCUT2D eigenvalue weighted by Gasteiger charge is 1.44. The molecule has 4 nitrogen and oxygen atoms in total. The smallest absolute Gasteiger partial charge is 0.120 e. The largest absolute Gasteiger partial charge is 0.246 e. The third-order valence-corrected chi connectivity index (χ3v) is 0.0680. The molecule has 0 aromatic rings. The maximum absolute atomic E-state index is 4.43. The number of nitrogens with one attached hydrogen (secondary N) is 1. The third-order valence-electron chi connectivity index (χ3n) is 0.0680. The van der Waals surface area contributed by atoms with E-state index >= 15 is 0 Å². The Kier molecular flexibility index (Phi) is 2.73. The summed E-state index contributed by atoms with van der Waals surface area (Å²) in [4.78, 5) is 3.57. The van der Waals surface area contributed by atoms with Gasteiger partial charge in [-0.05, 0) is 0 Å². The highest BCUT2D eigenvalue weighted by atomic mass is 16.8. The van der Waals surface area contributed by atoms with Gasteiger partial charge in [-0.1, -0.05) is 0 Å². The van der Waals surface area contributed by atoms with Crippen molar-refractivity contribution in [3.63, 3.8) is 0 Å². The average molecular weight is 63.1 g/mol. The monoisotopic (exact) mass is 63.0 g/mol. The van der Waals surface area contributed by atoms with Gasteiger partial charge in [0.1, 0.15) is 0 Å². The molecule has 0 heterocycles. The molecule has 26 valence electrons. The van der Waals surface area contributed by atoms with Crippen LogP contribution in [0.15, 0.2) is 0 Å². The Balaban J connectivity index is 1.97. The first-order chi connectivity index (χ1) is 1.91. The first-order valence-electron chi connectivity index (χ1n) is 0.729. The van der Waals surface area contributed by atoms with Gasteiger partial charge in [0.2, 0.25) is 0 Å². The summed E-state index contributed by atoms with van der Waals surface area (Å²) in [6.45, 7) is 0. The highest BCUT2D eigenvalue weighted by Crippen LogP contribution is 1.13. The van der Waals surface area contributed by atoms with Crippen LogP contribution in [0, 0.1) is 0 Å². The molecule has 0 spiro atoms. The van der Waals surface area contributed by atoms with Crippen LogP contribution in [-0.4, -0.2) is 0 Å². The molecule has 0 aliphatic heterocycles. The summed E-state index contributed by atoms with van der Waals surface area (Å²) in [5.74, 6) is 8.72. The molecule has 0 rings (SSSR count). The molecule has 0 unspecified atom stereocenters. The molecular weight excluding hydrogens is 58.0 g/mol. The fourth-order valence-corrected chi connectivity index (χ4v) is 0. The molecule has 0 aromatic heterocycles. The Hall–Kier alpha value is -0.160. The molecule has 4 heteroatoms. The minimum absolute atomic E-state index is 1.71. The Labute approximate surface area is 23.6 Å². The molecule has 0 aliphatic rings. The second-order valence-electron chi connectivity index (χ2n) is 0.236. The van der Waals surface area contributed by atoms with Crippen LogP contribution in [0.5, 0.6) is 0 Å². The second-order valence-corrected chi connectivity index (χ2v) is 0.236. The summed E-state index contributed by atoms with van der Waals surface area (Å²) in [5.41, 5.74) is 1.71. The minimum atomic E-state index is 1.71. The van der Waals surface area contributed by atoms with Gasteiger partial charge in [-0.2, -0.15) is 5.90 Å². The average Bonchev–Trinajstić information content (AvgIpc) is 1.37. The van der Waals surface area contributed by atoms with E-state index < -0.39 is 0 Å². The topological polar surface area (TPSA) is 73.3 Å².